The van der Waals surface area contributed by atoms with Gasteiger partial charge in [0.1, 0.15) is 5.75 Å². The molecule has 2 nitrogen and oxygen atoms in total. The largest absolute Gasteiger partial charge is 0.497 e. The Labute approximate surface area is 129 Å². The minimum absolute atomic E-state index is 0.728. The third kappa shape index (κ3) is 4.00. The first kappa shape index (κ1) is 14.9. The molecule has 1 aromatic rings. The fourth-order valence-corrected chi connectivity index (χ4v) is 3.88. The molecule has 2 aliphatic rings. The van der Waals surface area contributed by atoms with E-state index in [1.807, 2.05) is 6.07 Å². The minimum Gasteiger partial charge on any atom is -0.497 e. The van der Waals surface area contributed by atoms with Crippen LogP contribution in [0.25, 0.3) is 0 Å². The van der Waals surface area contributed by atoms with Crippen molar-refractivity contribution in [3.05, 3.63) is 29.8 Å². The molecule has 0 unspecified atom stereocenters. The van der Waals surface area contributed by atoms with Crippen molar-refractivity contribution < 1.29 is 4.74 Å². The van der Waals surface area contributed by atoms with E-state index in [1.54, 1.807) is 7.11 Å². The zero-order chi connectivity index (χ0) is 14.5. The van der Waals surface area contributed by atoms with Crippen molar-refractivity contribution in [1.82, 2.24) is 5.32 Å². The summed E-state index contributed by atoms with van der Waals surface area (Å²) >= 11 is 0. The molecule has 0 spiro atoms. The highest BCUT2D eigenvalue weighted by Gasteiger charge is 2.31. The maximum atomic E-state index is 5.33. The minimum atomic E-state index is 0.728. The van der Waals surface area contributed by atoms with Gasteiger partial charge in [0.05, 0.1) is 7.11 Å². The Balaban J connectivity index is 1.46. The summed E-state index contributed by atoms with van der Waals surface area (Å²) in [6.07, 6.45) is 12.5. The summed E-state index contributed by atoms with van der Waals surface area (Å²) in [5.41, 5.74) is 1.45. The Morgan fingerprint density at radius 1 is 0.952 bits per heavy atom. The highest BCUT2D eigenvalue weighted by Crippen LogP contribution is 2.38. The van der Waals surface area contributed by atoms with Crippen LogP contribution in [0.4, 0.5) is 0 Å². The molecule has 1 N–H and O–H groups in total. The van der Waals surface area contributed by atoms with Crippen LogP contribution in [0.5, 0.6) is 5.75 Å². The van der Waals surface area contributed by atoms with Crippen LogP contribution < -0.4 is 10.1 Å². The van der Waals surface area contributed by atoms with Crippen LogP contribution in [0.2, 0.25) is 0 Å². The van der Waals surface area contributed by atoms with Crippen LogP contribution in [0.15, 0.2) is 24.3 Å². The zero-order valence-electron chi connectivity index (χ0n) is 13.3. The highest BCUT2D eigenvalue weighted by molar-refractivity contribution is 5.32. The molecule has 0 radical (unpaired) electrons. The molecule has 0 aliphatic heterocycles. The normalized spacial score (nSPS) is 27.5. The van der Waals surface area contributed by atoms with Gasteiger partial charge in [-0.1, -0.05) is 44.2 Å². The van der Waals surface area contributed by atoms with Crippen molar-refractivity contribution in [1.29, 1.82) is 0 Å². The average molecular weight is 287 g/mol. The Morgan fingerprint density at radius 2 is 1.67 bits per heavy atom. The van der Waals surface area contributed by atoms with E-state index < -0.39 is 0 Å². The average Bonchev–Trinajstić information content (AvgIpc) is 2.44. The molecule has 3 rings (SSSR count). The summed E-state index contributed by atoms with van der Waals surface area (Å²) < 4.78 is 5.33. The van der Waals surface area contributed by atoms with Crippen LogP contribution in [-0.4, -0.2) is 19.2 Å². The van der Waals surface area contributed by atoms with Gasteiger partial charge >= 0.3 is 0 Å². The number of ether oxygens (including phenoxy) is 1. The lowest BCUT2D eigenvalue weighted by Crippen LogP contribution is -2.45. The molecule has 0 aromatic heterocycles. The number of hydrogen-bond acceptors (Lipinski definition) is 2. The van der Waals surface area contributed by atoms with Gasteiger partial charge in [-0.25, -0.2) is 0 Å². The number of methoxy groups -OCH3 is 1. The maximum Gasteiger partial charge on any atom is 0.119 e. The summed E-state index contributed by atoms with van der Waals surface area (Å²) in [5, 5.41) is 3.92. The van der Waals surface area contributed by atoms with Gasteiger partial charge in [-0.15, -0.1) is 0 Å². The molecule has 0 heterocycles. The lowest BCUT2D eigenvalue weighted by molar-refractivity contribution is 0.244. The lowest BCUT2D eigenvalue weighted by Gasteiger charge is -2.39. The standard InChI is InChI=1S/C19H29NO/c1-21-19-11-7-8-15(14-19)16-12-18(13-16)20-17-9-5-3-2-4-6-10-17/h7-8,11,14,16-18,20H,2-6,9-10,12-13H2,1H3. The fraction of sp³-hybridized carbons (Fsp3) is 0.684. The number of rotatable bonds is 4. The van der Waals surface area contributed by atoms with Crippen molar-refractivity contribution >= 4 is 0 Å². The van der Waals surface area contributed by atoms with Crippen molar-refractivity contribution in [2.45, 2.75) is 75.8 Å². The van der Waals surface area contributed by atoms with E-state index in [-0.39, 0.29) is 0 Å². The molecule has 2 heteroatoms. The van der Waals surface area contributed by atoms with Crippen molar-refractivity contribution in [2.75, 3.05) is 7.11 Å². The van der Waals surface area contributed by atoms with Crippen molar-refractivity contribution in [3.63, 3.8) is 0 Å². The number of benzene rings is 1. The summed E-state index contributed by atoms with van der Waals surface area (Å²) in [6, 6.07) is 10.1. The predicted octanol–water partition coefficient (Wildman–Crippen LogP) is 4.64. The summed E-state index contributed by atoms with van der Waals surface area (Å²) in [7, 11) is 1.75. The first-order chi connectivity index (χ1) is 10.3. The van der Waals surface area contributed by atoms with E-state index in [1.165, 1.54) is 63.4 Å². The number of hydrogen-bond donors (Lipinski definition) is 1. The Kier molecular flexibility index (Phi) is 5.18. The van der Waals surface area contributed by atoms with Crippen LogP contribution in [0, 0.1) is 0 Å². The molecule has 0 atom stereocenters. The molecule has 0 amide bonds. The Hall–Kier alpha value is -1.02. The quantitative estimate of drug-likeness (QED) is 0.870. The van der Waals surface area contributed by atoms with Gasteiger partial charge in [-0.05, 0) is 49.3 Å². The van der Waals surface area contributed by atoms with Crippen LogP contribution in [0.1, 0.15) is 69.3 Å². The van der Waals surface area contributed by atoms with Crippen molar-refractivity contribution in [2.24, 2.45) is 0 Å². The predicted molar refractivity (Wildman–Crippen MR) is 88.0 cm³/mol. The molecule has 2 aliphatic carbocycles. The lowest BCUT2D eigenvalue weighted by atomic mass is 9.75. The second-order valence-corrected chi connectivity index (χ2v) is 6.85. The first-order valence-corrected chi connectivity index (χ1v) is 8.75. The van der Waals surface area contributed by atoms with E-state index in [0.29, 0.717) is 0 Å². The molecule has 0 bridgehead atoms. The van der Waals surface area contributed by atoms with Gasteiger partial charge in [0, 0.05) is 12.1 Å². The summed E-state index contributed by atoms with van der Waals surface area (Å²) in [6.45, 7) is 0. The maximum absolute atomic E-state index is 5.33. The monoisotopic (exact) mass is 287 g/mol. The molecule has 0 saturated heterocycles. The van der Waals surface area contributed by atoms with Crippen LogP contribution in [-0.2, 0) is 0 Å². The highest BCUT2D eigenvalue weighted by atomic mass is 16.5. The molecule has 21 heavy (non-hydrogen) atoms. The molecule has 116 valence electrons. The van der Waals surface area contributed by atoms with Gasteiger partial charge in [-0.3, -0.25) is 0 Å². The van der Waals surface area contributed by atoms with Gasteiger partial charge in [0.2, 0.25) is 0 Å². The first-order valence-electron chi connectivity index (χ1n) is 8.75. The topological polar surface area (TPSA) is 21.3 Å². The van der Waals surface area contributed by atoms with E-state index in [2.05, 4.69) is 23.5 Å². The second kappa shape index (κ2) is 7.31. The van der Waals surface area contributed by atoms with Gasteiger partial charge < -0.3 is 10.1 Å². The molecule has 2 fully saturated rings. The van der Waals surface area contributed by atoms with E-state index in [4.69, 9.17) is 4.74 Å². The Morgan fingerprint density at radius 3 is 2.38 bits per heavy atom. The van der Waals surface area contributed by atoms with Crippen molar-refractivity contribution in [3.8, 4) is 5.75 Å². The second-order valence-electron chi connectivity index (χ2n) is 6.85. The summed E-state index contributed by atoms with van der Waals surface area (Å²) in [5.74, 6) is 1.72. The molecule has 2 saturated carbocycles. The summed E-state index contributed by atoms with van der Waals surface area (Å²) in [4.78, 5) is 0. The van der Waals surface area contributed by atoms with E-state index in [0.717, 1.165) is 23.8 Å². The fourth-order valence-electron chi connectivity index (χ4n) is 3.88. The molecular formula is C19H29NO. The number of nitrogens with one attached hydrogen (secondary N) is 1. The van der Waals surface area contributed by atoms with E-state index in [9.17, 15) is 0 Å². The van der Waals surface area contributed by atoms with Gasteiger partial charge in [-0.2, -0.15) is 0 Å². The molecule has 1 aromatic carbocycles. The van der Waals surface area contributed by atoms with Crippen LogP contribution >= 0.6 is 0 Å². The van der Waals surface area contributed by atoms with Gasteiger partial charge in [0.25, 0.3) is 0 Å². The smallest absolute Gasteiger partial charge is 0.119 e. The zero-order valence-corrected chi connectivity index (χ0v) is 13.3. The Bertz CT molecular complexity index is 431. The third-order valence-electron chi connectivity index (χ3n) is 5.28. The van der Waals surface area contributed by atoms with Gasteiger partial charge in [0.15, 0.2) is 0 Å². The van der Waals surface area contributed by atoms with E-state index >= 15 is 0 Å². The van der Waals surface area contributed by atoms with Crippen LogP contribution in [0.3, 0.4) is 0 Å². The SMILES string of the molecule is COc1cccc(C2CC(NC3CCCCCCC3)C2)c1. The third-order valence-corrected chi connectivity index (χ3v) is 5.28. The molecular weight excluding hydrogens is 258 g/mol.